The second-order valence-corrected chi connectivity index (χ2v) is 1.14. The molecule has 0 aromatic rings. The van der Waals surface area contributed by atoms with Gasteiger partial charge >= 0.3 is 23.1 Å². The van der Waals surface area contributed by atoms with E-state index >= 15 is 0 Å². The second-order valence-electron chi connectivity index (χ2n) is 1.14. The molecule has 0 spiro atoms. The van der Waals surface area contributed by atoms with Crippen molar-refractivity contribution >= 4 is 23.1 Å². The SMILES string of the molecule is [Br-].[CH2-]/C(C)=C/C.[Mg+2]. The van der Waals surface area contributed by atoms with Crippen molar-refractivity contribution in [3.63, 3.8) is 0 Å². The van der Waals surface area contributed by atoms with Gasteiger partial charge in [-0.1, -0.05) is 6.92 Å². The van der Waals surface area contributed by atoms with Gasteiger partial charge in [0, 0.05) is 0 Å². The smallest absolute Gasteiger partial charge is 1.00 e. The summed E-state index contributed by atoms with van der Waals surface area (Å²) in [5, 5.41) is 0. The Kier molecular flexibility index (Phi) is 22.3. The molecule has 0 rings (SSSR count). The summed E-state index contributed by atoms with van der Waals surface area (Å²) in [4.78, 5) is 0. The summed E-state index contributed by atoms with van der Waals surface area (Å²) < 4.78 is 0. The van der Waals surface area contributed by atoms with Crippen molar-refractivity contribution in [1.82, 2.24) is 0 Å². The molecule has 0 atom stereocenters. The minimum Gasteiger partial charge on any atom is -1.00 e. The van der Waals surface area contributed by atoms with Crippen LogP contribution in [0.25, 0.3) is 0 Å². The largest absolute Gasteiger partial charge is 2.00 e. The molecule has 0 aliphatic heterocycles. The average Bonchev–Trinajstić information content (AvgIpc) is 1.38. The predicted octanol–water partition coefficient (Wildman–Crippen LogP) is -1.59. The van der Waals surface area contributed by atoms with Crippen LogP contribution in [0.3, 0.4) is 0 Å². The molecule has 0 bridgehead atoms. The Hall–Kier alpha value is 0.856. The first-order chi connectivity index (χ1) is 2.27. The van der Waals surface area contributed by atoms with Gasteiger partial charge in [0.15, 0.2) is 0 Å². The van der Waals surface area contributed by atoms with Gasteiger partial charge in [-0.05, 0) is 0 Å². The number of hydrogen-bond donors (Lipinski definition) is 0. The fourth-order valence-electron chi connectivity index (χ4n) is 0. The van der Waals surface area contributed by atoms with Crippen LogP contribution in [-0.2, 0) is 0 Å². The van der Waals surface area contributed by atoms with Crippen molar-refractivity contribution in [3.8, 4) is 0 Å². The summed E-state index contributed by atoms with van der Waals surface area (Å²) in [6.07, 6.45) is 1.97. The van der Waals surface area contributed by atoms with Gasteiger partial charge in [-0.15, -0.1) is 6.92 Å². The third kappa shape index (κ3) is 19.8. The molecule has 0 aromatic carbocycles. The predicted molar refractivity (Wildman–Crippen MR) is 30.5 cm³/mol. The van der Waals surface area contributed by atoms with E-state index in [1.54, 1.807) is 0 Å². The van der Waals surface area contributed by atoms with Crippen LogP contribution < -0.4 is 17.0 Å². The van der Waals surface area contributed by atoms with Crippen molar-refractivity contribution in [2.45, 2.75) is 13.8 Å². The van der Waals surface area contributed by atoms with Crippen molar-refractivity contribution < 1.29 is 17.0 Å². The summed E-state index contributed by atoms with van der Waals surface area (Å²) in [6.45, 7) is 7.56. The van der Waals surface area contributed by atoms with Crippen molar-refractivity contribution in [1.29, 1.82) is 0 Å². The quantitative estimate of drug-likeness (QED) is 0.306. The third-order valence-corrected chi connectivity index (χ3v) is 0.493. The molecule has 2 heteroatoms. The van der Waals surface area contributed by atoms with E-state index in [0.29, 0.717) is 0 Å². The molecule has 38 valence electrons. The van der Waals surface area contributed by atoms with E-state index in [9.17, 15) is 0 Å². The minimum atomic E-state index is 0. The maximum Gasteiger partial charge on any atom is 2.00 e. The Bertz CT molecular complexity index is 46.0. The van der Waals surface area contributed by atoms with Crippen LogP contribution in [0, 0.1) is 6.92 Å². The standard InChI is InChI=1S/C5H9.BrH.Mg/c1-4-5(2)3;;/h4H,2H2,1,3H3;1H;/q-1;;+2/p-1/b5-4-;;. The first-order valence-electron chi connectivity index (χ1n) is 1.72. The Morgan fingerprint density at radius 2 is 1.71 bits per heavy atom. The van der Waals surface area contributed by atoms with Gasteiger partial charge in [0.1, 0.15) is 0 Å². The minimum absolute atomic E-state index is 0. The van der Waals surface area contributed by atoms with Gasteiger partial charge in [0.25, 0.3) is 0 Å². The Labute approximate surface area is 72.3 Å². The normalized spacial score (nSPS) is 8.57. The summed E-state index contributed by atoms with van der Waals surface area (Å²) in [5.74, 6) is 0. The van der Waals surface area contributed by atoms with E-state index in [1.165, 1.54) is 0 Å². The molecular weight excluding hydrogens is 164 g/mol. The molecule has 0 N–H and O–H groups in total. The molecule has 0 aromatic heterocycles. The molecule has 7 heavy (non-hydrogen) atoms. The molecular formula is C5H9BrMg. The summed E-state index contributed by atoms with van der Waals surface area (Å²) in [5.41, 5.74) is 1.13. The number of allylic oxidation sites excluding steroid dienone is 2. The van der Waals surface area contributed by atoms with Gasteiger partial charge in [-0.2, -0.15) is 0 Å². The van der Waals surface area contributed by atoms with Crippen molar-refractivity contribution in [2.24, 2.45) is 0 Å². The number of hydrogen-bond acceptors (Lipinski definition) is 0. The van der Waals surface area contributed by atoms with Crippen molar-refractivity contribution in [2.75, 3.05) is 0 Å². The molecule has 0 fully saturated rings. The molecule has 0 saturated carbocycles. The molecule has 0 amide bonds. The Balaban J connectivity index is -0.0000000800. The first-order valence-corrected chi connectivity index (χ1v) is 1.72. The molecule has 0 unspecified atom stereocenters. The molecule has 0 heterocycles. The number of rotatable bonds is 0. The van der Waals surface area contributed by atoms with Crippen molar-refractivity contribution in [3.05, 3.63) is 18.6 Å². The van der Waals surface area contributed by atoms with E-state index in [2.05, 4.69) is 6.92 Å². The summed E-state index contributed by atoms with van der Waals surface area (Å²) in [7, 11) is 0. The zero-order valence-corrected chi connectivity index (χ0v) is 7.87. The first kappa shape index (κ1) is 15.7. The van der Waals surface area contributed by atoms with Crippen LogP contribution in [0.1, 0.15) is 13.8 Å². The van der Waals surface area contributed by atoms with Gasteiger partial charge in [-0.3, -0.25) is 0 Å². The molecule has 0 aliphatic carbocycles. The Morgan fingerprint density at radius 3 is 1.71 bits per heavy atom. The zero-order valence-electron chi connectivity index (χ0n) is 4.87. The van der Waals surface area contributed by atoms with Crippen LogP contribution in [-0.4, -0.2) is 23.1 Å². The summed E-state index contributed by atoms with van der Waals surface area (Å²) >= 11 is 0. The maximum absolute atomic E-state index is 3.62. The van der Waals surface area contributed by atoms with E-state index in [0.717, 1.165) is 5.57 Å². The molecule has 0 radical (unpaired) electrons. The van der Waals surface area contributed by atoms with E-state index in [1.807, 2.05) is 19.9 Å². The monoisotopic (exact) mass is 172 g/mol. The molecule has 0 saturated heterocycles. The van der Waals surface area contributed by atoms with Gasteiger partial charge in [0.2, 0.25) is 0 Å². The van der Waals surface area contributed by atoms with E-state index in [-0.39, 0.29) is 40.0 Å². The molecule has 0 nitrogen and oxygen atoms in total. The fraction of sp³-hybridized carbons (Fsp3) is 0.400. The van der Waals surface area contributed by atoms with Crippen LogP contribution in [0.5, 0.6) is 0 Å². The fourth-order valence-corrected chi connectivity index (χ4v) is 0. The van der Waals surface area contributed by atoms with E-state index in [4.69, 9.17) is 0 Å². The topological polar surface area (TPSA) is 0 Å². The third-order valence-electron chi connectivity index (χ3n) is 0.493. The second kappa shape index (κ2) is 9.97. The van der Waals surface area contributed by atoms with E-state index < -0.39 is 0 Å². The zero-order chi connectivity index (χ0) is 4.28. The maximum atomic E-state index is 3.62. The van der Waals surface area contributed by atoms with Gasteiger partial charge < -0.3 is 17.0 Å². The van der Waals surface area contributed by atoms with Crippen LogP contribution in [0.15, 0.2) is 11.6 Å². The average molecular weight is 173 g/mol. The van der Waals surface area contributed by atoms with Crippen LogP contribution >= 0.6 is 0 Å². The van der Waals surface area contributed by atoms with Crippen LogP contribution in [0.2, 0.25) is 0 Å². The Morgan fingerprint density at radius 1 is 1.57 bits per heavy atom. The molecule has 0 aliphatic rings. The van der Waals surface area contributed by atoms with Gasteiger partial charge in [0.05, 0.1) is 0 Å². The number of halogens is 1. The van der Waals surface area contributed by atoms with Crippen LogP contribution in [0.4, 0.5) is 0 Å². The summed E-state index contributed by atoms with van der Waals surface area (Å²) in [6, 6.07) is 0. The van der Waals surface area contributed by atoms with Gasteiger partial charge in [-0.25, -0.2) is 18.6 Å².